The van der Waals surface area contributed by atoms with Crippen molar-refractivity contribution in [1.82, 2.24) is 0 Å². The number of benzene rings is 1. The molecule has 0 heterocycles. The van der Waals surface area contributed by atoms with Crippen molar-refractivity contribution in [2.24, 2.45) is 5.92 Å². The average Bonchev–Trinajstić information content (AvgIpc) is 2.41. The Kier molecular flexibility index (Phi) is 7.68. The van der Waals surface area contributed by atoms with Crippen molar-refractivity contribution in [3.63, 3.8) is 0 Å². The number of hydrogen-bond donors (Lipinski definition) is 2. The second kappa shape index (κ2) is 9.28. The van der Waals surface area contributed by atoms with Crippen molar-refractivity contribution in [3.05, 3.63) is 24.3 Å². The molecule has 0 unspecified atom stereocenters. The smallest absolute Gasteiger partial charge is 0.341 e. The highest BCUT2D eigenvalue weighted by Gasteiger charge is 2.05. The van der Waals surface area contributed by atoms with Gasteiger partial charge in [-0.3, -0.25) is 4.79 Å². The van der Waals surface area contributed by atoms with E-state index in [1.54, 1.807) is 36.0 Å². The number of carboxylic acid groups (broad SMARTS) is 1. The van der Waals surface area contributed by atoms with Crippen LogP contribution in [-0.4, -0.2) is 35.1 Å². The molecule has 1 aromatic rings. The molecule has 1 aromatic carbocycles. The van der Waals surface area contributed by atoms with Gasteiger partial charge in [-0.15, -0.1) is 0 Å². The quantitative estimate of drug-likeness (QED) is 0.686. The van der Waals surface area contributed by atoms with Crippen LogP contribution in [0.25, 0.3) is 0 Å². The van der Waals surface area contributed by atoms with Crippen LogP contribution in [0.3, 0.4) is 0 Å². The molecule has 2 N–H and O–H groups in total. The summed E-state index contributed by atoms with van der Waals surface area (Å²) in [6.07, 6.45) is 1.09. The minimum Gasteiger partial charge on any atom is -0.482 e. The fourth-order valence-electron chi connectivity index (χ4n) is 1.49. The molecular formula is C15H21NO4S. The van der Waals surface area contributed by atoms with E-state index >= 15 is 0 Å². The average molecular weight is 311 g/mol. The number of carbonyl (C=O) groups is 2. The molecule has 1 amide bonds. The molecule has 0 aliphatic heterocycles. The molecule has 0 aromatic heterocycles. The number of carboxylic acids is 1. The lowest BCUT2D eigenvalue weighted by Crippen LogP contribution is -2.15. The SMILES string of the molecule is CC(C)CCSCC(=O)Nc1cccc(OCC(=O)O)c1. The highest BCUT2D eigenvalue weighted by molar-refractivity contribution is 7.99. The van der Waals surface area contributed by atoms with Gasteiger partial charge in [-0.2, -0.15) is 11.8 Å². The monoisotopic (exact) mass is 311 g/mol. The number of hydrogen-bond acceptors (Lipinski definition) is 4. The van der Waals surface area contributed by atoms with Gasteiger partial charge in [-0.05, 0) is 30.2 Å². The summed E-state index contributed by atoms with van der Waals surface area (Å²) in [6.45, 7) is 3.91. The van der Waals surface area contributed by atoms with Crippen LogP contribution in [0.4, 0.5) is 5.69 Å². The van der Waals surface area contributed by atoms with Gasteiger partial charge in [0.15, 0.2) is 6.61 Å². The van der Waals surface area contributed by atoms with E-state index in [1.165, 1.54) is 0 Å². The maximum absolute atomic E-state index is 11.8. The Balaban J connectivity index is 2.38. The zero-order valence-corrected chi connectivity index (χ0v) is 13.1. The van der Waals surface area contributed by atoms with Gasteiger partial charge in [0.05, 0.1) is 5.75 Å². The predicted octanol–water partition coefficient (Wildman–Crippen LogP) is 2.87. The Morgan fingerprint density at radius 2 is 2.14 bits per heavy atom. The van der Waals surface area contributed by atoms with E-state index in [2.05, 4.69) is 19.2 Å². The molecule has 0 aliphatic rings. The third-order valence-corrected chi connectivity index (χ3v) is 3.54. The van der Waals surface area contributed by atoms with Gasteiger partial charge in [0.2, 0.25) is 5.91 Å². The van der Waals surface area contributed by atoms with E-state index in [0.717, 1.165) is 12.2 Å². The van der Waals surface area contributed by atoms with Crippen molar-refractivity contribution in [3.8, 4) is 5.75 Å². The van der Waals surface area contributed by atoms with Gasteiger partial charge in [-0.25, -0.2) is 4.79 Å². The summed E-state index contributed by atoms with van der Waals surface area (Å²) in [7, 11) is 0. The Labute approximate surface area is 129 Å². The molecule has 6 heteroatoms. The molecule has 0 saturated carbocycles. The summed E-state index contributed by atoms with van der Waals surface area (Å²) in [5.41, 5.74) is 0.604. The summed E-state index contributed by atoms with van der Waals surface area (Å²) in [5.74, 6) is 1.33. The minimum atomic E-state index is -1.04. The number of rotatable bonds is 9. The second-order valence-electron chi connectivity index (χ2n) is 4.99. The predicted molar refractivity (Wildman–Crippen MR) is 85.0 cm³/mol. The number of aliphatic carboxylic acids is 1. The Bertz CT molecular complexity index is 476. The summed E-state index contributed by atoms with van der Waals surface area (Å²) >= 11 is 1.61. The first-order chi connectivity index (χ1) is 9.97. The number of nitrogens with one attached hydrogen (secondary N) is 1. The molecule has 5 nitrogen and oxygen atoms in total. The fourth-order valence-corrected chi connectivity index (χ4v) is 2.53. The molecule has 0 radical (unpaired) electrons. The maximum atomic E-state index is 11.8. The van der Waals surface area contributed by atoms with Crippen LogP contribution in [0.5, 0.6) is 5.75 Å². The Morgan fingerprint density at radius 1 is 1.38 bits per heavy atom. The first-order valence-corrected chi connectivity index (χ1v) is 7.95. The topological polar surface area (TPSA) is 75.6 Å². The molecule has 0 bridgehead atoms. The first-order valence-electron chi connectivity index (χ1n) is 6.79. The Hall–Kier alpha value is -1.69. The maximum Gasteiger partial charge on any atom is 0.341 e. The van der Waals surface area contributed by atoms with Crippen LogP contribution >= 0.6 is 11.8 Å². The second-order valence-corrected chi connectivity index (χ2v) is 6.10. The van der Waals surface area contributed by atoms with E-state index in [0.29, 0.717) is 23.1 Å². The summed E-state index contributed by atoms with van der Waals surface area (Å²) in [5, 5.41) is 11.3. The molecule has 0 aliphatic carbocycles. The molecule has 1 rings (SSSR count). The van der Waals surface area contributed by atoms with E-state index in [1.807, 2.05) is 0 Å². The zero-order valence-electron chi connectivity index (χ0n) is 12.3. The summed E-state index contributed by atoms with van der Waals surface area (Å²) < 4.78 is 5.06. The molecular weight excluding hydrogens is 290 g/mol. The summed E-state index contributed by atoms with van der Waals surface area (Å²) in [6, 6.07) is 6.71. The number of thioether (sulfide) groups is 1. The van der Waals surface area contributed by atoms with Crippen LogP contribution in [0.1, 0.15) is 20.3 Å². The summed E-state index contributed by atoms with van der Waals surface area (Å²) in [4.78, 5) is 22.2. The van der Waals surface area contributed by atoms with Crippen molar-refractivity contribution >= 4 is 29.3 Å². The molecule has 116 valence electrons. The van der Waals surface area contributed by atoms with Crippen molar-refractivity contribution < 1.29 is 19.4 Å². The number of amides is 1. The molecule has 0 atom stereocenters. The van der Waals surface area contributed by atoms with Crippen LogP contribution < -0.4 is 10.1 Å². The van der Waals surface area contributed by atoms with Crippen molar-refractivity contribution in [2.45, 2.75) is 20.3 Å². The lowest BCUT2D eigenvalue weighted by Gasteiger charge is -2.08. The van der Waals surface area contributed by atoms with E-state index in [9.17, 15) is 9.59 Å². The highest BCUT2D eigenvalue weighted by Crippen LogP contribution is 2.18. The lowest BCUT2D eigenvalue weighted by atomic mass is 10.2. The zero-order chi connectivity index (χ0) is 15.7. The first kappa shape index (κ1) is 17.4. The van der Waals surface area contributed by atoms with Crippen LogP contribution in [-0.2, 0) is 9.59 Å². The Morgan fingerprint density at radius 3 is 2.81 bits per heavy atom. The van der Waals surface area contributed by atoms with Crippen molar-refractivity contribution in [1.29, 1.82) is 0 Å². The van der Waals surface area contributed by atoms with E-state index < -0.39 is 12.6 Å². The molecule has 0 fully saturated rings. The van der Waals surface area contributed by atoms with Gasteiger partial charge >= 0.3 is 5.97 Å². The van der Waals surface area contributed by atoms with Gasteiger partial charge in [-0.1, -0.05) is 19.9 Å². The minimum absolute atomic E-state index is 0.0702. The third-order valence-electron chi connectivity index (χ3n) is 2.55. The number of ether oxygens (including phenoxy) is 1. The molecule has 0 saturated heterocycles. The molecule has 0 spiro atoms. The van der Waals surface area contributed by atoms with Gasteiger partial charge in [0.25, 0.3) is 0 Å². The largest absolute Gasteiger partial charge is 0.482 e. The van der Waals surface area contributed by atoms with Crippen LogP contribution in [0.2, 0.25) is 0 Å². The lowest BCUT2D eigenvalue weighted by molar-refractivity contribution is -0.139. The number of carbonyl (C=O) groups excluding carboxylic acids is 1. The molecule has 21 heavy (non-hydrogen) atoms. The van der Waals surface area contributed by atoms with E-state index in [-0.39, 0.29) is 5.91 Å². The normalized spacial score (nSPS) is 10.4. The van der Waals surface area contributed by atoms with Gasteiger partial charge in [0, 0.05) is 11.8 Å². The third kappa shape index (κ3) is 8.24. The standard InChI is InChI=1S/C15H21NO4S/c1-11(2)6-7-21-10-14(17)16-12-4-3-5-13(8-12)20-9-15(18)19/h3-5,8,11H,6-7,9-10H2,1-2H3,(H,16,17)(H,18,19). The highest BCUT2D eigenvalue weighted by atomic mass is 32.2. The van der Waals surface area contributed by atoms with Crippen molar-refractivity contribution in [2.75, 3.05) is 23.4 Å². The fraction of sp³-hybridized carbons (Fsp3) is 0.467. The van der Waals surface area contributed by atoms with E-state index in [4.69, 9.17) is 9.84 Å². The van der Waals surface area contributed by atoms with Crippen LogP contribution in [0, 0.1) is 5.92 Å². The number of anilines is 1. The van der Waals surface area contributed by atoms with Crippen LogP contribution in [0.15, 0.2) is 24.3 Å². The van der Waals surface area contributed by atoms with Gasteiger partial charge < -0.3 is 15.2 Å². The van der Waals surface area contributed by atoms with Gasteiger partial charge in [0.1, 0.15) is 5.75 Å².